The highest BCUT2D eigenvalue weighted by molar-refractivity contribution is 6.04. The van der Waals surface area contributed by atoms with Gasteiger partial charge in [0.15, 0.2) is 0 Å². The quantitative estimate of drug-likeness (QED) is 0.560. The lowest BCUT2D eigenvalue weighted by Gasteiger charge is -2.02. The monoisotopic (exact) mass is 212 g/mol. The zero-order valence-electron chi connectivity index (χ0n) is 8.25. The maximum Gasteiger partial charge on any atom is 0.117 e. The Kier molecular flexibility index (Phi) is 1.71. The van der Waals surface area contributed by atoms with Crippen LogP contribution in [0, 0.1) is 0 Å². The van der Waals surface area contributed by atoms with Crippen molar-refractivity contribution >= 4 is 21.8 Å². The number of fused-ring (bicyclic) bond motifs is 3. The average Bonchev–Trinajstić information content (AvgIpc) is 2.28. The summed E-state index contributed by atoms with van der Waals surface area (Å²) in [5, 5.41) is 28.5. The summed E-state index contributed by atoms with van der Waals surface area (Å²) in [7, 11) is 0. The molecule has 3 aromatic rings. The Balaban J connectivity index is 2.50. The van der Waals surface area contributed by atoms with Gasteiger partial charge in [-0.15, -0.1) is 10.2 Å². The van der Waals surface area contributed by atoms with Crippen LogP contribution in [0.2, 0.25) is 0 Å². The number of nitrogens with zero attached hydrogens (tertiary/aromatic N) is 2. The lowest BCUT2D eigenvalue weighted by molar-refractivity contribution is 0.475. The highest BCUT2D eigenvalue weighted by Gasteiger charge is 2.04. The number of hydrogen-bond donors (Lipinski definition) is 2. The van der Waals surface area contributed by atoms with Crippen LogP contribution in [0.1, 0.15) is 0 Å². The third-order valence-electron chi connectivity index (χ3n) is 2.52. The molecule has 0 amide bonds. The predicted octanol–water partition coefficient (Wildman–Crippen LogP) is 2.19. The molecule has 4 nitrogen and oxygen atoms in total. The molecular formula is C12H8N2O2. The van der Waals surface area contributed by atoms with Crippen LogP contribution in [0.4, 0.5) is 0 Å². The maximum absolute atomic E-state index is 9.34. The van der Waals surface area contributed by atoms with E-state index in [4.69, 9.17) is 0 Å². The summed E-state index contributed by atoms with van der Waals surface area (Å²) in [5.41, 5.74) is 1.27. The molecule has 4 heteroatoms. The molecule has 1 heterocycles. The van der Waals surface area contributed by atoms with Gasteiger partial charge in [0, 0.05) is 22.9 Å². The summed E-state index contributed by atoms with van der Waals surface area (Å²) in [6, 6.07) is 9.92. The Labute approximate surface area is 90.8 Å². The van der Waals surface area contributed by atoms with Gasteiger partial charge in [0.1, 0.15) is 11.5 Å². The second kappa shape index (κ2) is 3.06. The van der Waals surface area contributed by atoms with Gasteiger partial charge in [-0.3, -0.25) is 0 Å². The number of aromatic hydroxyl groups is 2. The zero-order valence-corrected chi connectivity index (χ0v) is 8.25. The standard InChI is InChI=1S/C12H8N2O2/c15-7-1-3-9-10-4-2-8(16)6-12(10)14-13-11(9)5-7/h1-6,15-16H. The second-order valence-corrected chi connectivity index (χ2v) is 3.60. The Morgan fingerprint density at radius 2 is 1.12 bits per heavy atom. The minimum atomic E-state index is 0.167. The topological polar surface area (TPSA) is 66.2 Å². The zero-order chi connectivity index (χ0) is 11.1. The fourth-order valence-electron chi connectivity index (χ4n) is 1.77. The average molecular weight is 212 g/mol. The van der Waals surface area contributed by atoms with Crippen molar-refractivity contribution < 1.29 is 10.2 Å². The molecule has 0 bridgehead atoms. The van der Waals surface area contributed by atoms with Crippen LogP contribution >= 0.6 is 0 Å². The Morgan fingerprint density at radius 1 is 0.688 bits per heavy atom. The van der Waals surface area contributed by atoms with Gasteiger partial charge in [0.2, 0.25) is 0 Å². The molecular weight excluding hydrogens is 204 g/mol. The summed E-state index contributed by atoms with van der Waals surface area (Å²) in [5.74, 6) is 0.333. The molecule has 2 aromatic carbocycles. The van der Waals surface area contributed by atoms with E-state index in [0.29, 0.717) is 11.0 Å². The fourth-order valence-corrected chi connectivity index (χ4v) is 1.77. The van der Waals surface area contributed by atoms with Crippen molar-refractivity contribution in [1.29, 1.82) is 0 Å². The van der Waals surface area contributed by atoms with Crippen LogP contribution in [0.15, 0.2) is 36.4 Å². The molecule has 78 valence electrons. The van der Waals surface area contributed by atoms with Crippen LogP contribution in [0.3, 0.4) is 0 Å². The first-order valence-electron chi connectivity index (χ1n) is 4.82. The molecule has 0 saturated carbocycles. The largest absolute Gasteiger partial charge is 0.508 e. The molecule has 0 unspecified atom stereocenters. The lowest BCUT2D eigenvalue weighted by atomic mass is 10.1. The number of aromatic nitrogens is 2. The first kappa shape index (κ1) is 8.91. The van der Waals surface area contributed by atoms with E-state index in [1.54, 1.807) is 36.4 Å². The Bertz CT molecular complexity index is 634. The van der Waals surface area contributed by atoms with Crippen molar-refractivity contribution in [3.63, 3.8) is 0 Å². The molecule has 0 aliphatic heterocycles. The highest BCUT2D eigenvalue weighted by atomic mass is 16.3. The van der Waals surface area contributed by atoms with Crippen molar-refractivity contribution in [1.82, 2.24) is 10.2 Å². The Hall–Kier alpha value is -2.36. The molecule has 0 atom stereocenters. The van der Waals surface area contributed by atoms with E-state index < -0.39 is 0 Å². The van der Waals surface area contributed by atoms with Crippen molar-refractivity contribution in [2.24, 2.45) is 0 Å². The smallest absolute Gasteiger partial charge is 0.117 e. The van der Waals surface area contributed by atoms with Gasteiger partial charge in [0.05, 0.1) is 11.0 Å². The SMILES string of the molecule is Oc1ccc2c(c1)nnc1cc(O)ccc12. The number of phenols is 2. The van der Waals surface area contributed by atoms with Gasteiger partial charge in [-0.05, 0) is 24.3 Å². The van der Waals surface area contributed by atoms with Crippen LogP contribution in [-0.2, 0) is 0 Å². The van der Waals surface area contributed by atoms with E-state index in [9.17, 15) is 10.2 Å². The summed E-state index contributed by atoms with van der Waals surface area (Å²) in [6.45, 7) is 0. The minimum Gasteiger partial charge on any atom is -0.508 e. The lowest BCUT2D eigenvalue weighted by Crippen LogP contribution is -1.86. The van der Waals surface area contributed by atoms with Gasteiger partial charge < -0.3 is 10.2 Å². The summed E-state index contributed by atoms with van der Waals surface area (Å²) >= 11 is 0. The van der Waals surface area contributed by atoms with E-state index in [-0.39, 0.29) is 11.5 Å². The van der Waals surface area contributed by atoms with Gasteiger partial charge >= 0.3 is 0 Å². The summed E-state index contributed by atoms with van der Waals surface area (Å²) in [6.07, 6.45) is 0. The predicted molar refractivity (Wildman–Crippen MR) is 60.4 cm³/mol. The Morgan fingerprint density at radius 3 is 1.56 bits per heavy atom. The van der Waals surface area contributed by atoms with Crippen molar-refractivity contribution in [2.75, 3.05) is 0 Å². The number of benzene rings is 2. The first-order chi connectivity index (χ1) is 7.74. The van der Waals surface area contributed by atoms with Crippen molar-refractivity contribution in [2.45, 2.75) is 0 Å². The summed E-state index contributed by atoms with van der Waals surface area (Å²) in [4.78, 5) is 0. The van der Waals surface area contributed by atoms with Crippen molar-refractivity contribution in [3.8, 4) is 11.5 Å². The minimum absolute atomic E-state index is 0.167. The molecule has 0 fully saturated rings. The van der Waals surface area contributed by atoms with E-state index in [1.807, 2.05) is 0 Å². The molecule has 3 rings (SSSR count). The van der Waals surface area contributed by atoms with Gasteiger partial charge in [-0.2, -0.15) is 0 Å². The molecule has 0 saturated heterocycles. The third-order valence-corrected chi connectivity index (χ3v) is 2.52. The number of rotatable bonds is 0. The molecule has 2 N–H and O–H groups in total. The number of phenolic OH excluding ortho intramolecular Hbond substituents is 2. The van der Waals surface area contributed by atoms with E-state index >= 15 is 0 Å². The van der Waals surface area contributed by atoms with E-state index in [0.717, 1.165) is 10.8 Å². The number of hydrogen-bond acceptors (Lipinski definition) is 4. The van der Waals surface area contributed by atoms with E-state index in [1.165, 1.54) is 0 Å². The third kappa shape index (κ3) is 1.24. The highest BCUT2D eigenvalue weighted by Crippen LogP contribution is 2.26. The maximum atomic E-state index is 9.34. The molecule has 1 aromatic heterocycles. The molecule has 0 aliphatic carbocycles. The van der Waals surface area contributed by atoms with Crippen molar-refractivity contribution in [3.05, 3.63) is 36.4 Å². The second-order valence-electron chi connectivity index (χ2n) is 3.60. The van der Waals surface area contributed by atoms with Gasteiger partial charge in [0.25, 0.3) is 0 Å². The normalized spacial score (nSPS) is 11.0. The first-order valence-corrected chi connectivity index (χ1v) is 4.82. The van der Waals surface area contributed by atoms with Gasteiger partial charge in [-0.25, -0.2) is 0 Å². The van der Waals surface area contributed by atoms with Crippen LogP contribution < -0.4 is 0 Å². The summed E-state index contributed by atoms with van der Waals surface area (Å²) < 4.78 is 0. The molecule has 16 heavy (non-hydrogen) atoms. The molecule has 0 aliphatic rings. The van der Waals surface area contributed by atoms with Crippen LogP contribution in [0.25, 0.3) is 21.8 Å². The van der Waals surface area contributed by atoms with E-state index in [2.05, 4.69) is 10.2 Å². The van der Waals surface area contributed by atoms with Crippen LogP contribution in [-0.4, -0.2) is 20.4 Å². The van der Waals surface area contributed by atoms with Crippen LogP contribution in [0.5, 0.6) is 11.5 Å². The fraction of sp³-hybridized carbons (Fsp3) is 0. The molecule has 0 radical (unpaired) electrons. The van der Waals surface area contributed by atoms with Gasteiger partial charge in [-0.1, -0.05) is 0 Å². The molecule has 0 spiro atoms.